The Labute approximate surface area is 116 Å². The maximum absolute atomic E-state index is 13.7. The van der Waals surface area contributed by atoms with Crippen LogP contribution < -0.4 is 15.2 Å². The summed E-state index contributed by atoms with van der Waals surface area (Å²) in [5.41, 5.74) is 6.15. The van der Waals surface area contributed by atoms with Gasteiger partial charge >= 0.3 is 5.97 Å². The van der Waals surface area contributed by atoms with Gasteiger partial charge in [0.25, 0.3) is 0 Å². The standard InChI is InChI=1S/C12H14FNO4.ClH/c1-2-16-12(15)10(13)11(14)7-3-4-8-9(5-7)18-6-17-8;/h3-5,10-11H,2,6,14H2,1H3;1H/t10?,11-;/m0./s1. The van der Waals surface area contributed by atoms with Crippen LogP contribution in [0.1, 0.15) is 18.5 Å². The van der Waals surface area contributed by atoms with E-state index in [2.05, 4.69) is 4.74 Å². The van der Waals surface area contributed by atoms with Gasteiger partial charge in [-0.15, -0.1) is 12.4 Å². The first-order chi connectivity index (χ1) is 8.63. The maximum atomic E-state index is 13.7. The van der Waals surface area contributed by atoms with Crippen molar-refractivity contribution in [2.45, 2.75) is 19.1 Å². The van der Waals surface area contributed by atoms with Crippen LogP contribution in [-0.2, 0) is 9.53 Å². The highest BCUT2D eigenvalue weighted by atomic mass is 35.5. The van der Waals surface area contributed by atoms with E-state index in [-0.39, 0.29) is 25.8 Å². The molecule has 5 nitrogen and oxygen atoms in total. The predicted octanol–water partition coefficient (Wildman–Crippen LogP) is 1.74. The summed E-state index contributed by atoms with van der Waals surface area (Å²) in [6, 6.07) is 3.72. The molecule has 0 aromatic heterocycles. The molecule has 1 heterocycles. The van der Waals surface area contributed by atoms with Crippen molar-refractivity contribution in [3.63, 3.8) is 0 Å². The predicted molar refractivity (Wildman–Crippen MR) is 68.3 cm³/mol. The van der Waals surface area contributed by atoms with Gasteiger partial charge < -0.3 is 19.9 Å². The molecule has 0 spiro atoms. The van der Waals surface area contributed by atoms with Crippen molar-refractivity contribution in [3.05, 3.63) is 23.8 Å². The molecule has 1 aliphatic heterocycles. The summed E-state index contributed by atoms with van der Waals surface area (Å²) in [6.07, 6.45) is -1.90. The van der Waals surface area contributed by atoms with Gasteiger partial charge in [-0.05, 0) is 24.6 Å². The number of nitrogens with two attached hydrogens (primary N) is 1. The summed E-state index contributed by atoms with van der Waals surface area (Å²) < 4.78 is 28.6. The molecule has 1 aliphatic rings. The van der Waals surface area contributed by atoms with Gasteiger partial charge in [-0.3, -0.25) is 0 Å². The summed E-state index contributed by atoms with van der Waals surface area (Å²) in [5.74, 6) is 0.124. The first kappa shape index (κ1) is 15.5. The molecule has 2 atom stereocenters. The van der Waals surface area contributed by atoms with E-state index in [4.69, 9.17) is 15.2 Å². The molecule has 0 saturated carbocycles. The largest absolute Gasteiger partial charge is 0.464 e. The topological polar surface area (TPSA) is 70.8 Å². The van der Waals surface area contributed by atoms with Crippen molar-refractivity contribution >= 4 is 18.4 Å². The lowest BCUT2D eigenvalue weighted by Gasteiger charge is -2.16. The van der Waals surface area contributed by atoms with Crippen LogP contribution in [0.15, 0.2) is 18.2 Å². The minimum Gasteiger partial charge on any atom is -0.464 e. The lowest BCUT2D eigenvalue weighted by molar-refractivity contribution is -0.149. The van der Waals surface area contributed by atoms with E-state index in [0.717, 1.165) is 0 Å². The minimum absolute atomic E-state index is 0. The molecule has 2 N–H and O–H groups in total. The van der Waals surface area contributed by atoms with Crippen LogP contribution in [0.3, 0.4) is 0 Å². The minimum atomic E-state index is -1.90. The zero-order valence-corrected chi connectivity index (χ0v) is 11.1. The number of fused-ring (bicyclic) bond motifs is 1. The highest BCUT2D eigenvalue weighted by molar-refractivity contribution is 5.85. The van der Waals surface area contributed by atoms with Gasteiger partial charge in [0.05, 0.1) is 12.6 Å². The zero-order chi connectivity index (χ0) is 13.1. The van der Waals surface area contributed by atoms with Gasteiger partial charge in [0.2, 0.25) is 13.0 Å². The SMILES string of the molecule is CCOC(=O)C(F)[C@@H](N)c1ccc2c(c1)OCO2.Cl. The van der Waals surface area contributed by atoms with Gasteiger partial charge in [0.1, 0.15) is 0 Å². The van der Waals surface area contributed by atoms with Gasteiger partial charge in [0, 0.05) is 0 Å². The second kappa shape index (κ2) is 6.58. The number of carbonyl (C=O) groups is 1. The number of ether oxygens (including phenoxy) is 3. The molecule has 0 saturated heterocycles. The molecular formula is C12H15ClFNO4. The zero-order valence-electron chi connectivity index (χ0n) is 10.3. The monoisotopic (exact) mass is 291 g/mol. The molecule has 1 unspecified atom stereocenters. The summed E-state index contributed by atoms with van der Waals surface area (Å²) in [5, 5.41) is 0. The molecule has 7 heteroatoms. The Hall–Kier alpha value is -1.53. The summed E-state index contributed by atoms with van der Waals surface area (Å²) in [7, 11) is 0. The fourth-order valence-electron chi connectivity index (χ4n) is 1.66. The Morgan fingerprint density at radius 3 is 2.84 bits per heavy atom. The Kier molecular flexibility index (Phi) is 5.38. The van der Waals surface area contributed by atoms with Gasteiger partial charge in [0.15, 0.2) is 11.5 Å². The molecule has 0 fully saturated rings. The van der Waals surface area contributed by atoms with Crippen molar-refractivity contribution in [2.24, 2.45) is 5.73 Å². The molecule has 0 bridgehead atoms. The Balaban J connectivity index is 0.00000180. The summed E-state index contributed by atoms with van der Waals surface area (Å²) in [4.78, 5) is 11.3. The van der Waals surface area contributed by atoms with Crippen LogP contribution in [0.25, 0.3) is 0 Å². The van der Waals surface area contributed by atoms with Gasteiger partial charge in [-0.1, -0.05) is 6.07 Å². The molecule has 106 valence electrons. The number of halogens is 2. The Morgan fingerprint density at radius 1 is 1.47 bits per heavy atom. The molecule has 0 aliphatic carbocycles. The van der Waals surface area contributed by atoms with E-state index in [1.807, 2.05) is 0 Å². The second-order valence-electron chi connectivity index (χ2n) is 3.79. The number of esters is 1. The van der Waals surface area contributed by atoms with Crippen LogP contribution in [-0.4, -0.2) is 25.5 Å². The summed E-state index contributed by atoms with van der Waals surface area (Å²) in [6.45, 7) is 1.86. The van der Waals surface area contributed by atoms with E-state index in [1.54, 1.807) is 25.1 Å². The molecule has 0 radical (unpaired) electrons. The number of rotatable bonds is 4. The van der Waals surface area contributed by atoms with Crippen molar-refractivity contribution in [3.8, 4) is 11.5 Å². The van der Waals surface area contributed by atoms with E-state index in [0.29, 0.717) is 17.1 Å². The second-order valence-corrected chi connectivity index (χ2v) is 3.79. The number of alkyl halides is 1. The number of benzene rings is 1. The number of hydrogen-bond donors (Lipinski definition) is 1. The van der Waals surface area contributed by atoms with Crippen LogP contribution in [0.5, 0.6) is 11.5 Å². The third-order valence-electron chi connectivity index (χ3n) is 2.61. The third-order valence-corrected chi connectivity index (χ3v) is 2.61. The van der Waals surface area contributed by atoms with Crippen molar-refractivity contribution in [1.82, 2.24) is 0 Å². The van der Waals surface area contributed by atoms with Crippen LogP contribution in [0.2, 0.25) is 0 Å². The fraction of sp³-hybridized carbons (Fsp3) is 0.417. The smallest absolute Gasteiger partial charge is 0.342 e. The molecular weight excluding hydrogens is 277 g/mol. The molecule has 1 aromatic rings. The highest BCUT2D eigenvalue weighted by Gasteiger charge is 2.29. The van der Waals surface area contributed by atoms with Gasteiger partial charge in [-0.2, -0.15) is 0 Å². The first-order valence-electron chi connectivity index (χ1n) is 5.59. The van der Waals surface area contributed by atoms with Crippen LogP contribution in [0, 0.1) is 0 Å². The quantitative estimate of drug-likeness (QED) is 0.856. The molecule has 19 heavy (non-hydrogen) atoms. The van der Waals surface area contributed by atoms with Crippen LogP contribution in [0.4, 0.5) is 4.39 Å². The van der Waals surface area contributed by atoms with Crippen molar-refractivity contribution < 1.29 is 23.4 Å². The lowest BCUT2D eigenvalue weighted by Crippen LogP contribution is -2.31. The van der Waals surface area contributed by atoms with E-state index < -0.39 is 18.2 Å². The lowest BCUT2D eigenvalue weighted by atomic mass is 10.0. The number of carbonyl (C=O) groups excluding carboxylic acids is 1. The summed E-state index contributed by atoms with van der Waals surface area (Å²) >= 11 is 0. The maximum Gasteiger partial charge on any atom is 0.342 e. The van der Waals surface area contributed by atoms with Crippen molar-refractivity contribution in [1.29, 1.82) is 0 Å². The highest BCUT2D eigenvalue weighted by Crippen LogP contribution is 2.34. The average molecular weight is 292 g/mol. The average Bonchev–Trinajstić information content (AvgIpc) is 2.84. The van der Waals surface area contributed by atoms with E-state index in [1.165, 1.54) is 0 Å². The van der Waals surface area contributed by atoms with Crippen molar-refractivity contribution in [2.75, 3.05) is 13.4 Å². The fourth-order valence-corrected chi connectivity index (χ4v) is 1.66. The molecule has 2 rings (SSSR count). The van der Waals surface area contributed by atoms with E-state index in [9.17, 15) is 9.18 Å². The molecule has 0 amide bonds. The normalized spacial score (nSPS) is 15.3. The Bertz CT molecular complexity index is 457. The third kappa shape index (κ3) is 3.27. The van der Waals surface area contributed by atoms with Crippen LogP contribution >= 0.6 is 12.4 Å². The number of hydrogen-bond acceptors (Lipinski definition) is 5. The van der Waals surface area contributed by atoms with Gasteiger partial charge in [-0.25, -0.2) is 9.18 Å². The first-order valence-corrected chi connectivity index (χ1v) is 5.59. The Morgan fingerprint density at radius 2 is 2.16 bits per heavy atom. The van der Waals surface area contributed by atoms with E-state index >= 15 is 0 Å². The molecule has 1 aromatic carbocycles.